The number of piperidine rings is 1. The van der Waals surface area contributed by atoms with Crippen molar-refractivity contribution >= 4 is 23.1 Å². The van der Waals surface area contributed by atoms with Crippen LogP contribution in [-0.4, -0.2) is 47.0 Å². The zero-order valence-electron chi connectivity index (χ0n) is 16.8. The maximum Gasteiger partial charge on any atom is 0.272 e. The van der Waals surface area contributed by atoms with Crippen molar-refractivity contribution in [2.75, 3.05) is 36.4 Å². The van der Waals surface area contributed by atoms with Crippen LogP contribution in [0, 0.1) is 12.8 Å². The summed E-state index contributed by atoms with van der Waals surface area (Å²) in [5.74, 6) is 2.09. The highest BCUT2D eigenvalue weighted by Crippen LogP contribution is 2.25. The minimum Gasteiger partial charge on any atom is -0.372 e. The Morgan fingerprint density at radius 1 is 1.04 bits per heavy atom. The summed E-state index contributed by atoms with van der Waals surface area (Å²) in [5, 5.41) is 3.33. The Morgan fingerprint density at radius 2 is 1.71 bits per heavy atom. The highest BCUT2D eigenvalue weighted by Gasteiger charge is 2.21. The number of aryl methyl sites for hydroxylation is 1. The molecule has 1 amide bonds. The highest BCUT2D eigenvalue weighted by atomic mass is 16.2. The molecule has 1 aromatic carbocycles. The molecule has 0 atom stereocenters. The second-order valence-electron chi connectivity index (χ2n) is 8.03. The molecular formula is C22H29N5O. The molecule has 1 aromatic heterocycles. The zero-order valence-corrected chi connectivity index (χ0v) is 16.8. The van der Waals surface area contributed by atoms with E-state index >= 15 is 0 Å². The fourth-order valence-corrected chi connectivity index (χ4v) is 3.99. The normalized spacial score (nSPS) is 17.8. The lowest BCUT2D eigenvalue weighted by Gasteiger charge is -2.32. The van der Waals surface area contributed by atoms with Crippen LogP contribution in [0.2, 0.25) is 0 Å². The molecule has 0 bridgehead atoms. The van der Waals surface area contributed by atoms with Gasteiger partial charge in [0.1, 0.15) is 17.3 Å². The van der Waals surface area contributed by atoms with Crippen LogP contribution in [0.5, 0.6) is 0 Å². The first-order valence-electron chi connectivity index (χ1n) is 10.4. The summed E-state index contributed by atoms with van der Waals surface area (Å²) in [5.41, 5.74) is 2.70. The van der Waals surface area contributed by atoms with Crippen LogP contribution in [0.1, 0.15) is 48.9 Å². The number of rotatable bonds is 4. The third-order valence-electron chi connectivity index (χ3n) is 5.74. The maximum atomic E-state index is 12.6. The Hall–Kier alpha value is -2.63. The van der Waals surface area contributed by atoms with Crippen molar-refractivity contribution in [1.82, 2.24) is 14.9 Å². The monoisotopic (exact) mass is 379 g/mol. The first-order valence-corrected chi connectivity index (χ1v) is 10.4. The topological polar surface area (TPSA) is 61.4 Å². The minimum atomic E-state index is 0.000671. The molecule has 0 radical (unpaired) electrons. The van der Waals surface area contributed by atoms with Crippen LogP contribution in [0.4, 0.5) is 17.2 Å². The maximum absolute atomic E-state index is 12.6. The van der Waals surface area contributed by atoms with E-state index in [9.17, 15) is 4.79 Å². The largest absolute Gasteiger partial charge is 0.372 e. The van der Waals surface area contributed by atoms with Gasteiger partial charge in [0.2, 0.25) is 0 Å². The number of carbonyl (C=O) groups is 1. The highest BCUT2D eigenvalue weighted by molar-refractivity contribution is 5.93. The third kappa shape index (κ3) is 4.26. The molecule has 4 rings (SSSR count). The van der Waals surface area contributed by atoms with Gasteiger partial charge in [-0.2, -0.15) is 0 Å². The van der Waals surface area contributed by atoms with Gasteiger partial charge >= 0.3 is 0 Å². The van der Waals surface area contributed by atoms with Gasteiger partial charge in [-0.15, -0.1) is 0 Å². The van der Waals surface area contributed by atoms with E-state index in [-0.39, 0.29) is 5.91 Å². The molecule has 6 heteroatoms. The smallest absolute Gasteiger partial charge is 0.272 e. The number of nitrogens with one attached hydrogen (secondary N) is 1. The standard InChI is InChI=1S/C22H29N5O/c1-16-9-13-26(14-10-16)19-7-5-18(6-8-19)25-21-15-20(23-17(2)24-21)22(28)27-11-3-4-12-27/h5-8,15-16H,3-4,9-14H2,1-2H3,(H,23,24,25). The van der Waals surface area contributed by atoms with Gasteiger partial charge < -0.3 is 15.1 Å². The van der Waals surface area contributed by atoms with Crippen LogP contribution < -0.4 is 10.2 Å². The predicted octanol–water partition coefficient (Wildman–Crippen LogP) is 4.00. The molecule has 0 aliphatic carbocycles. The summed E-state index contributed by atoms with van der Waals surface area (Å²) in [6.45, 7) is 8.05. The molecule has 3 heterocycles. The number of anilines is 3. The number of hydrogen-bond donors (Lipinski definition) is 1. The molecule has 6 nitrogen and oxygen atoms in total. The summed E-state index contributed by atoms with van der Waals surface area (Å²) in [7, 11) is 0. The minimum absolute atomic E-state index is 0.000671. The number of likely N-dealkylation sites (tertiary alicyclic amines) is 1. The first kappa shape index (κ1) is 18.7. The molecule has 1 N–H and O–H groups in total. The average molecular weight is 380 g/mol. The van der Waals surface area contributed by atoms with Crippen molar-refractivity contribution in [3.8, 4) is 0 Å². The molecule has 2 aromatic rings. The number of carbonyl (C=O) groups excluding carboxylic acids is 1. The number of nitrogens with zero attached hydrogens (tertiary/aromatic N) is 4. The Labute approximate surface area is 167 Å². The zero-order chi connectivity index (χ0) is 19.5. The molecule has 0 unspecified atom stereocenters. The SMILES string of the molecule is Cc1nc(Nc2ccc(N3CCC(C)CC3)cc2)cc(C(=O)N2CCCC2)n1. The molecule has 2 aliphatic rings. The fraction of sp³-hybridized carbons (Fsp3) is 0.500. The van der Waals surface area contributed by atoms with E-state index in [1.807, 2.05) is 11.8 Å². The van der Waals surface area contributed by atoms with Crippen molar-refractivity contribution < 1.29 is 4.79 Å². The van der Waals surface area contributed by atoms with Crippen molar-refractivity contribution in [3.05, 3.63) is 41.9 Å². The van der Waals surface area contributed by atoms with Gasteiger partial charge in [0.05, 0.1) is 0 Å². The predicted molar refractivity (Wildman–Crippen MR) is 112 cm³/mol. The van der Waals surface area contributed by atoms with Gasteiger partial charge in [-0.25, -0.2) is 9.97 Å². The second kappa shape index (κ2) is 8.17. The van der Waals surface area contributed by atoms with E-state index in [1.54, 1.807) is 6.07 Å². The Bertz CT molecular complexity index is 821. The molecular weight excluding hydrogens is 350 g/mol. The van der Waals surface area contributed by atoms with Gasteiger partial charge in [-0.3, -0.25) is 4.79 Å². The van der Waals surface area contributed by atoms with E-state index < -0.39 is 0 Å². The van der Waals surface area contributed by atoms with E-state index in [2.05, 4.69) is 51.4 Å². The summed E-state index contributed by atoms with van der Waals surface area (Å²) >= 11 is 0. The number of aromatic nitrogens is 2. The van der Waals surface area contributed by atoms with Crippen molar-refractivity contribution in [3.63, 3.8) is 0 Å². The van der Waals surface area contributed by atoms with Crippen LogP contribution >= 0.6 is 0 Å². The molecule has 2 aliphatic heterocycles. The molecule has 2 fully saturated rings. The van der Waals surface area contributed by atoms with E-state index in [4.69, 9.17) is 0 Å². The molecule has 0 spiro atoms. The lowest BCUT2D eigenvalue weighted by molar-refractivity contribution is 0.0786. The van der Waals surface area contributed by atoms with Crippen LogP contribution in [0.3, 0.4) is 0 Å². The molecule has 28 heavy (non-hydrogen) atoms. The number of hydrogen-bond acceptors (Lipinski definition) is 5. The molecule has 2 saturated heterocycles. The molecule has 0 saturated carbocycles. The summed E-state index contributed by atoms with van der Waals surface area (Å²) in [6, 6.07) is 10.2. The van der Waals surface area contributed by atoms with E-state index in [0.29, 0.717) is 17.3 Å². The van der Waals surface area contributed by atoms with E-state index in [1.165, 1.54) is 18.5 Å². The van der Waals surface area contributed by atoms with Gasteiger partial charge in [0.25, 0.3) is 5.91 Å². The Morgan fingerprint density at radius 3 is 2.39 bits per heavy atom. The lowest BCUT2D eigenvalue weighted by Crippen LogP contribution is -2.32. The van der Waals surface area contributed by atoms with Crippen LogP contribution in [-0.2, 0) is 0 Å². The quantitative estimate of drug-likeness (QED) is 0.870. The van der Waals surface area contributed by atoms with Crippen molar-refractivity contribution in [2.45, 2.75) is 39.5 Å². The average Bonchev–Trinajstić information content (AvgIpc) is 3.23. The Kier molecular flexibility index (Phi) is 5.46. The van der Waals surface area contributed by atoms with Gasteiger partial charge in [0, 0.05) is 43.6 Å². The number of benzene rings is 1. The van der Waals surface area contributed by atoms with Crippen LogP contribution in [0.15, 0.2) is 30.3 Å². The third-order valence-corrected chi connectivity index (χ3v) is 5.74. The van der Waals surface area contributed by atoms with Crippen molar-refractivity contribution in [2.24, 2.45) is 5.92 Å². The Balaban J connectivity index is 1.45. The molecule has 148 valence electrons. The first-order chi connectivity index (χ1) is 13.6. The second-order valence-corrected chi connectivity index (χ2v) is 8.03. The summed E-state index contributed by atoms with van der Waals surface area (Å²) in [4.78, 5) is 25.8. The lowest BCUT2D eigenvalue weighted by atomic mass is 9.99. The van der Waals surface area contributed by atoms with Crippen LogP contribution in [0.25, 0.3) is 0 Å². The fourth-order valence-electron chi connectivity index (χ4n) is 3.99. The summed E-state index contributed by atoms with van der Waals surface area (Å²) < 4.78 is 0. The van der Waals surface area contributed by atoms with Gasteiger partial charge in [-0.05, 0) is 62.8 Å². The van der Waals surface area contributed by atoms with Gasteiger partial charge in [0.15, 0.2) is 0 Å². The number of amides is 1. The summed E-state index contributed by atoms with van der Waals surface area (Å²) in [6.07, 6.45) is 4.66. The van der Waals surface area contributed by atoms with Crippen molar-refractivity contribution in [1.29, 1.82) is 0 Å². The van der Waals surface area contributed by atoms with E-state index in [0.717, 1.165) is 50.6 Å². The van der Waals surface area contributed by atoms with Gasteiger partial charge in [-0.1, -0.05) is 6.92 Å².